The molecule has 15 heavy (non-hydrogen) atoms. The molecule has 2 heterocycles. The molecule has 4 heteroatoms. The first-order valence-electron chi connectivity index (χ1n) is 4.77. The number of hydrogen-bond acceptors (Lipinski definition) is 2. The summed E-state index contributed by atoms with van der Waals surface area (Å²) in [6.07, 6.45) is 0. The molecule has 1 amide bonds. The lowest BCUT2D eigenvalue weighted by Crippen LogP contribution is -2.13. The number of hydrogen-bond donors (Lipinski definition) is 1. The summed E-state index contributed by atoms with van der Waals surface area (Å²) in [6, 6.07) is 3.88. The Morgan fingerprint density at radius 1 is 1.27 bits per heavy atom. The van der Waals surface area contributed by atoms with Crippen LogP contribution in [0.4, 0.5) is 0 Å². The zero-order valence-corrected chi connectivity index (χ0v) is 9.03. The van der Waals surface area contributed by atoms with Gasteiger partial charge in [0.25, 0.3) is 5.91 Å². The summed E-state index contributed by atoms with van der Waals surface area (Å²) in [7, 11) is 0. The van der Waals surface area contributed by atoms with Crippen LogP contribution in [0.5, 0.6) is 0 Å². The topological polar surface area (TPSA) is 60.4 Å². The minimum Gasteiger partial charge on any atom is -0.364 e. The van der Waals surface area contributed by atoms with Crippen molar-refractivity contribution in [1.29, 1.82) is 0 Å². The van der Waals surface area contributed by atoms with E-state index < -0.39 is 5.91 Å². The summed E-state index contributed by atoms with van der Waals surface area (Å²) >= 11 is 0. The predicted octanol–water partition coefficient (Wildman–Crippen LogP) is 1.36. The van der Waals surface area contributed by atoms with Gasteiger partial charge in [-0.25, -0.2) is 4.98 Å². The van der Waals surface area contributed by atoms with E-state index in [9.17, 15) is 4.79 Å². The zero-order valence-electron chi connectivity index (χ0n) is 9.03. The molecule has 0 saturated carbocycles. The van der Waals surface area contributed by atoms with Crippen LogP contribution < -0.4 is 5.73 Å². The molecular weight excluding hydrogens is 190 g/mol. The van der Waals surface area contributed by atoms with Gasteiger partial charge in [-0.15, -0.1) is 0 Å². The van der Waals surface area contributed by atoms with Gasteiger partial charge in [0.2, 0.25) is 0 Å². The SMILES string of the molecule is Cc1ccc2nc(C(N)=O)c(C)n2c1C. The first kappa shape index (κ1) is 9.71. The van der Waals surface area contributed by atoms with Gasteiger partial charge in [-0.3, -0.25) is 4.79 Å². The normalized spacial score (nSPS) is 10.9. The lowest BCUT2D eigenvalue weighted by Gasteiger charge is -2.05. The molecule has 0 bridgehead atoms. The molecule has 0 spiro atoms. The highest BCUT2D eigenvalue weighted by Crippen LogP contribution is 2.16. The second kappa shape index (κ2) is 3.08. The number of primary amides is 1. The Balaban J connectivity index is 2.89. The Labute approximate surface area is 87.7 Å². The van der Waals surface area contributed by atoms with Crippen LogP contribution in [0.2, 0.25) is 0 Å². The minimum atomic E-state index is -0.478. The molecule has 0 atom stereocenters. The highest BCUT2D eigenvalue weighted by atomic mass is 16.1. The van der Waals surface area contributed by atoms with Crippen LogP contribution in [0.25, 0.3) is 5.65 Å². The molecule has 2 aromatic rings. The van der Waals surface area contributed by atoms with Gasteiger partial charge in [0, 0.05) is 5.69 Å². The first-order chi connectivity index (χ1) is 7.02. The Kier molecular flexibility index (Phi) is 2.00. The van der Waals surface area contributed by atoms with E-state index >= 15 is 0 Å². The average Bonchev–Trinajstić information content (AvgIpc) is 2.50. The Bertz CT molecular complexity index is 554. The fraction of sp³-hybridized carbons (Fsp3) is 0.273. The molecule has 78 valence electrons. The zero-order chi connectivity index (χ0) is 11.2. The average molecular weight is 203 g/mol. The molecule has 2 rings (SSSR count). The van der Waals surface area contributed by atoms with Gasteiger partial charge < -0.3 is 10.1 Å². The molecular formula is C11H13N3O. The molecule has 0 unspecified atom stereocenters. The van der Waals surface area contributed by atoms with Crippen molar-refractivity contribution in [1.82, 2.24) is 9.38 Å². The molecule has 0 aliphatic heterocycles. The number of imidazole rings is 1. The second-order valence-corrected chi connectivity index (χ2v) is 3.71. The van der Waals surface area contributed by atoms with Crippen molar-refractivity contribution in [3.8, 4) is 0 Å². The summed E-state index contributed by atoms with van der Waals surface area (Å²) < 4.78 is 1.95. The molecule has 0 aliphatic rings. The van der Waals surface area contributed by atoms with Crippen molar-refractivity contribution in [2.24, 2.45) is 5.73 Å². The Hall–Kier alpha value is -1.84. The monoisotopic (exact) mass is 203 g/mol. The number of fused-ring (bicyclic) bond motifs is 1. The van der Waals surface area contributed by atoms with Gasteiger partial charge in [-0.2, -0.15) is 0 Å². The van der Waals surface area contributed by atoms with E-state index in [0.717, 1.165) is 17.0 Å². The van der Waals surface area contributed by atoms with Crippen LogP contribution in [-0.2, 0) is 0 Å². The van der Waals surface area contributed by atoms with Crippen LogP contribution in [0.1, 0.15) is 27.4 Å². The number of aromatic nitrogens is 2. The van der Waals surface area contributed by atoms with E-state index in [1.165, 1.54) is 5.56 Å². The van der Waals surface area contributed by atoms with Gasteiger partial charge in [-0.05, 0) is 32.4 Å². The Morgan fingerprint density at radius 3 is 2.53 bits per heavy atom. The van der Waals surface area contributed by atoms with Crippen molar-refractivity contribution in [2.75, 3.05) is 0 Å². The first-order valence-corrected chi connectivity index (χ1v) is 4.77. The third-order valence-corrected chi connectivity index (χ3v) is 2.76. The van der Waals surface area contributed by atoms with E-state index in [1.54, 1.807) is 0 Å². The van der Waals surface area contributed by atoms with Crippen LogP contribution in [0, 0.1) is 20.8 Å². The maximum atomic E-state index is 11.1. The highest BCUT2D eigenvalue weighted by molar-refractivity contribution is 5.92. The lowest BCUT2D eigenvalue weighted by molar-refractivity contribution is 0.0995. The van der Waals surface area contributed by atoms with Crippen molar-refractivity contribution in [2.45, 2.75) is 20.8 Å². The van der Waals surface area contributed by atoms with Crippen molar-refractivity contribution in [3.05, 3.63) is 34.8 Å². The highest BCUT2D eigenvalue weighted by Gasteiger charge is 2.14. The number of nitrogens with zero attached hydrogens (tertiary/aromatic N) is 2. The number of rotatable bonds is 1. The summed E-state index contributed by atoms with van der Waals surface area (Å²) in [5.74, 6) is -0.478. The number of carbonyl (C=O) groups is 1. The molecule has 2 aromatic heterocycles. The van der Waals surface area contributed by atoms with E-state index in [0.29, 0.717) is 5.69 Å². The van der Waals surface area contributed by atoms with Gasteiger partial charge >= 0.3 is 0 Å². The number of carbonyl (C=O) groups excluding carboxylic acids is 1. The molecule has 0 aromatic carbocycles. The molecule has 4 nitrogen and oxygen atoms in total. The van der Waals surface area contributed by atoms with Crippen molar-refractivity contribution in [3.63, 3.8) is 0 Å². The number of nitrogens with two attached hydrogens (primary N) is 1. The number of pyridine rings is 1. The van der Waals surface area contributed by atoms with E-state index in [2.05, 4.69) is 4.98 Å². The molecule has 0 radical (unpaired) electrons. The third kappa shape index (κ3) is 1.29. The number of amides is 1. The molecule has 0 aliphatic carbocycles. The summed E-state index contributed by atoms with van der Waals surface area (Å²) in [4.78, 5) is 15.3. The lowest BCUT2D eigenvalue weighted by atomic mass is 10.2. The fourth-order valence-corrected chi connectivity index (χ4v) is 1.79. The minimum absolute atomic E-state index is 0.351. The second-order valence-electron chi connectivity index (χ2n) is 3.71. The van der Waals surface area contributed by atoms with Crippen LogP contribution in [-0.4, -0.2) is 15.3 Å². The number of aryl methyl sites for hydroxylation is 3. The molecule has 0 saturated heterocycles. The summed E-state index contributed by atoms with van der Waals surface area (Å²) in [6.45, 7) is 5.88. The smallest absolute Gasteiger partial charge is 0.269 e. The van der Waals surface area contributed by atoms with Gasteiger partial charge in [-0.1, -0.05) is 6.07 Å². The summed E-state index contributed by atoms with van der Waals surface area (Å²) in [5.41, 5.74) is 9.43. The Morgan fingerprint density at radius 2 is 1.93 bits per heavy atom. The van der Waals surface area contributed by atoms with Crippen LogP contribution in [0.15, 0.2) is 12.1 Å². The van der Waals surface area contributed by atoms with Gasteiger partial charge in [0.15, 0.2) is 0 Å². The van der Waals surface area contributed by atoms with Gasteiger partial charge in [0.1, 0.15) is 11.3 Å². The van der Waals surface area contributed by atoms with E-state index in [4.69, 9.17) is 5.73 Å². The third-order valence-electron chi connectivity index (χ3n) is 2.76. The fourth-order valence-electron chi connectivity index (χ4n) is 1.79. The molecule has 0 fully saturated rings. The quantitative estimate of drug-likeness (QED) is 0.760. The maximum Gasteiger partial charge on any atom is 0.269 e. The van der Waals surface area contributed by atoms with Crippen molar-refractivity contribution >= 4 is 11.6 Å². The maximum absolute atomic E-state index is 11.1. The van der Waals surface area contributed by atoms with Crippen LogP contribution in [0.3, 0.4) is 0 Å². The molecule has 2 N–H and O–H groups in total. The summed E-state index contributed by atoms with van der Waals surface area (Å²) in [5, 5.41) is 0. The largest absolute Gasteiger partial charge is 0.364 e. The van der Waals surface area contributed by atoms with Crippen LogP contribution >= 0.6 is 0 Å². The van der Waals surface area contributed by atoms with Crippen molar-refractivity contribution < 1.29 is 4.79 Å². The predicted molar refractivity (Wildman–Crippen MR) is 57.9 cm³/mol. The van der Waals surface area contributed by atoms with E-state index in [1.807, 2.05) is 37.3 Å². The van der Waals surface area contributed by atoms with E-state index in [-0.39, 0.29) is 0 Å². The van der Waals surface area contributed by atoms with Gasteiger partial charge in [0.05, 0.1) is 5.69 Å². The standard InChI is InChI=1S/C11H13N3O/c1-6-4-5-9-13-10(11(12)15)8(3)14(9)7(6)2/h4-5H,1-3H3,(H2,12,15).